The van der Waals surface area contributed by atoms with Crippen molar-refractivity contribution in [3.63, 3.8) is 0 Å². The van der Waals surface area contributed by atoms with Gasteiger partial charge in [0, 0.05) is 19.2 Å². The highest BCUT2D eigenvalue weighted by Crippen LogP contribution is 2.14. The van der Waals surface area contributed by atoms with Crippen LogP contribution in [-0.4, -0.2) is 23.7 Å². The first-order chi connectivity index (χ1) is 8.61. The summed E-state index contributed by atoms with van der Waals surface area (Å²) >= 11 is 0. The monoisotopic (exact) mass is 271 g/mol. The average molecular weight is 271 g/mol. The molecule has 0 saturated heterocycles. The Morgan fingerprint density at radius 2 is 2.28 bits per heavy atom. The van der Waals surface area contributed by atoms with Crippen molar-refractivity contribution in [3.8, 4) is 0 Å². The van der Waals surface area contributed by atoms with Crippen LogP contribution >= 0.6 is 0 Å². The van der Waals surface area contributed by atoms with Crippen molar-refractivity contribution in [1.29, 1.82) is 0 Å². The number of sulfonamides is 1. The third-order valence-corrected chi connectivity index (χ3v) is 4.61. The Balaban J connectivity index is 1.92. The molecule has 0 spiro atoms. The van der Waals surface area contributed by atoms with Gasteiger partial charge in [-0.25, -0.2) is 18.1 Å². The molecule has 0 aliphatic carbocycles. The number of rotatable bonds is 6. The lowest BCUT2D eigenvalue weighted by molar-refractivity contribution is 0.522. The molecule has 0 aromatic carbocycles. The van der Waals surface area contributed by atoms with Crippen LogP contribution in [0.2, 0.25) is 0 Å². The van der Waals surface area contributed by atoms with Gasteiger partial charge in [0.1, 0.15) is 5.82 Å². The highest BCUT2D eigenvalue weighted by molar-refractivity contribution is 7.89. The Kier molecular flexibility index (Phi) is 4.40. The first-order valence-electron chi connectivity index (χ1n) is 6.63. The molecule has 0 saturated carbocycles. The first kappa shape index (κ1) is 13.5. The van der Waals surface area contributed by atoms with Crippen LogP contribution in [0.3, 0.4) is 0 Å². The molecule has 102 valence electrons. The zero-order chi connectivity index (χ0) is 13.0. The fraction of sp³-hybridized carbons (Fsp3) is 0.750. The minimum Gasteiger partial charge on any atom is -0.335 e. The third-order valence-electron chi connectivity index (χ3n) is 3.20. The number of unbranched alkanes of at least 4 members (excludes halogenated alkanes) is 1. The van der Waals surface area contributed by atoms with E-state index in [0.717, 1.165) is 30.9 Å². The predicted octanol–water partition coefficient (Wildman–Crippen LogP) is 1.44. The summed E-state index contributed by atoms with van der Waals surface area (Å²) in [5, 5.41) is 0. The van der Waals surface area contributed by atoms with Crippen LogP contribution in [0.1, 0.15) is 44.1 Å². The smallest absolute Gasteiger partial charge is 0.211 e. The Labute approximate surface area is 109 Å². The van der Waals surface area contributed by atoms with E-state index in [1.54, 1.807) is 0 Å². The molecular formula is C12H21N3O2S. The Hall–Kier alpha value is -0.880. The Morgan fingerprint density at radius 3 is 3.00 bits per heavy atom. The standard InChI is InChI=1S/C12H21N3O2S/c1-2-3-8-18(16,17)13-9-11-10-15-7-5-4-6-12(15)14-11/h10,13H,2-9H2,1H3. The number of nitrogens with one attached hydrogen (secondary N) is 1. The molecule has 0 bridgehead atoms. The lowest BCUT2D eigenvalue weighted by Gasteiger charge is -2.11. The van der Waals surface area contributed by atoms with E-state index in [2.05, 4.69) is 14.3 Å². The summed E-state index contributed by atoms with van der Waals surface area (Å²) in [5.74, 6) is 1.29. The lowest BCUT2D eigenvalue weighted by atomic mass is 10.2. The van der Waals surface area contributed by atoms with E-state index in [9.17, 15) is 8.42 Å². The zero-order valence-corrected chi connectivity index (χ0v) is 11.7. The highest BCUT2D eigenvalue weighted by atomic mass is 32.2. The van der Waals surface area contributed by atoms with Gasteiger partial charge in [0.25, 0.3) is 0 Å². The summed E-state index contributed by atoms with van der Waals surface area (Å²) < 4.78 is 28.1. The summed E-state index contributed by atoms with van der Waals surface area (Å²) in [7, 11) is -3.14. The van der Waals surface area contributed by atoms with Crippen molar-refractivity contribution in [2.75, 3.05) is 5.75 Å². The van der Waals surface area contributed by atoms with Crippen molar-refractivity contribution >= 4 is 10.0 Å². The molecule has 1 aromatic heterocycles. The van der Waals surface area contributed by atoms with Crippen LogP contribution in [-0.2, 0) is 29.5 Å². The van der Waals surface area contributed by atoms with E-state index in [4.69, 9.17) is 0 Å². The van der Waals surface area contributed by atoms with Crippen LogP contribution in [0.4, 0.5) is 0 Å². The van der Waals surface area contributed by atoms with Gasteiger partial charge in [-0.3, -0.25) is 0 Å². The molecule has 6 heteroatoms. The Bertz CT molecular complexity index is 470. The van der Waals surface area contributed by atoms with Gasteiger partial charge >= 0.3 is 0 Å². The second-order valence-electron chi connectivity index (χ2n) is 4.79. The maximum atomic E-state index is 11.7. The first-order valence-corrected chi connectivity index (χ1v) is 8.28. The van der Waals surface area contributed by atoms with Gasteiger partial charge in [-0.2, -0.15) is 0 Å². The van der Waals surface area contributed by atoms with Crippen LogP contribution in [0, 0.1) is 0 Å². The molecule has 18 heavy (non-hydrogen) atoms. The van der Waals surface area contributed by atoms with E-state index in [1.807, 2.05) is 13.1 Å². The molecule has 1 N–H and O–H groups in total. The molecule has 2 heterocycles. The van der Waals surface area contributed by atoms with Gasteiger partial charge in [0.2, 0.25) is 10.0 Å². The fourth-order valence-electron chi connectivity index (χ4n) is 2.15. The molecule has 1 aromatic rings. The second-order valence-corrected chi connectivity index (χ2v) is 6.72. The van der Waals surface area contributed by atoms with E-state index in [0.29, 0.717) is 13.0 Å². The van der Waals surface area contributed by atoms with Gasteiger partial charge in [0.15, 0.2) is 0 Å². The van der Waals surface area contributed by atoms with Crippen molar-refractivity contribution in [2.45, 2.75) is 52.1 Å². The molecule has 1 aliphatic rings. The van der Waals surface area contributed by atoms with Crippen molar-refractivity contribution in [3.05, 3.63) is 17.7 Å². The van der Waals surface area contributed by atoms with Gasteiger partial charge in [-0.15, -0.1) is 0 Å². The lowest BCUT2D eigenvalue weighted by Crippen LogP contribution is -2.26. The second kappa shape index (κ2) is 5.84. The number of imidazole rings is 1. The van der Waals surface area contributed by atoms with Gasteiger partial charge in [-0.1, -0.05) is 13.3 Å². The van der Waals surface area contributed by atoms with Gasteiger partial charge in [0.05, 0.1) is 18.0 Å². The number of aryl methyl sites for hydroxylation is 2. The molecule has 2 rings (SSSR count). The van der Waals surface area contributed by atoms with E-state index in [1.165, 1.54) is 12.8 Å². The average Bonchev–Trinajstić information content (AvgIpc) is 2.77. The molecular weight excluding hydrogens is 250 g/mol. The molecule has 5 nitrogen and oxygen atoms in total. The van der Waals surface area contributed by atoms with Crippen molar-refractivity contribution < 1.29 is 8.42 Å². The van der Waals surface area contributed by atoms with Crippen LogP contribution in [0.5, 0.6) is 0 Å². The summed E-state index contributed by atoms with van der Waals surface area (Å²) in [6.45, 7) is 3.30. The maximum Gasteiger partial charge on any atom is 0.211 e. The zero-order valence-electron chi connectivity index (χ0n) is 10.9. The summed E-state index contributed by atoms with van der Waals surface area (Å²) in [6.07, 6.45) is 6.93. The van der Waals surface area contributed by atoms with E-state index in [-0.39, 0.29) is 5.75 Å². The summed E-state index contributed by atoms with van der Waals surface area (Å²) in [6, 6.07) is 0. The summed E-state index contributed by atoms with van der Waals surface area (Å²) in [4.78, 5) is 4.47. The minimum atomic E-state index is -3.14. The maximum absolute atomic E-state index is 11.7. The topological polar surface area (TPSA) is 64.0 Å². The number of aromatic nitrogens is 2. The number of nitrogens with zero attached hydrogens (tertiary/aromatic N) is 2. The minimum absolute atomic E-state index is 0.205. The van der Waals surface area contributed by atoms with Gasteiger partial charge < -0.3 is 4.57 Å². The molecule has 0 radical (unpaired) electrons. The van der Waals surface area contributed by atoms with E-state index < -0.39 is 10.0 Å². The number of fused-ring (bicyclic) bond motifs is 1. The van der Waals surface area contributed by atoms with Crippen LogP contribution in [0.25, 0.3) is 0 Å². The van der Waals surface area contributed by atoms with Crippen LogP contribution in [0.15, 0.2) is 6.20 Å². The predicted molar refractivity (Wildman–Crippen MR) is 70.7 cm³/mol. The molecule has 0 unspecified atom stereocenters. The van der Waals surface area contributed by atoms with E-state index >= 15 is 0 Å². The normalized spacial score (nSPS) is 15.6. The van der Waals surface area contributed by atoms with Gasteiger partial charge in [-0.05, 0) is 19.3 Å². The fourth-order valence-corrected chi connectivity index (χ4v) is 3.33. The largest absolute Gasteiger partial charge is 0.335 e. The van der Waals surface area contributed by atoms with Crippen LogP contribution < -0.4 is 4.72 Å². The highest BCUT2D eigenvalue weighted by Gasteiger charge is 2.14. The number of hydrogen-bond acceptors (Lipinski definition) is 3. The molecule has 0 amide bonds. The Morgan fingerprint density at radius 1 is 1.44 bits per heavy atom. The quantitative estimate of drug-likeness (QED) is 0.851. The summed E-state index contributed by atoms with van der Waals surface area (Å²) in [5.41, 5.74) is 0.826. The van der Waals surface area contributed by atoms with Crippen molar-refractivity contribution in [2.24, 2.45) is 0 Å². The molecule has 0 fully saturated rings. The van der Waals surface area contributed by atoms with Crippen molar-refractivity contribution in [1.82, 2.24) is 14.3 Å². The number of hydrogen-bond donors (Lipinski definition) is 1. The SMILES string of the molecule is CCCCS(=O)(=O)NCc1cn2c(n1)CCCC2. The third kappa shape index (κ3) is 3.55. The molecule has 0 atom stereocenters. The molecule has 1 aliphatic heterocycles.